The van der Waals surface area contributed by atoms with E-state index in [1.807, 2.05) is 37.3 Å². The fourth-order valence-corrected chi connectivity index (χ4v) is 4.50. The lowest BCUT2D eigenvalue weighted by Crippen LogP contribution is -2.46. The van der Waals surface area contributed by atoms with Gasteiger partial charge in [-0.2, -0.15) is 4.80 Å². The zero-order chi connectivity index (χ0) is 24.9. The Morgan fingerprint density at radius 2 is 1.92 bits per heavy atom. The monoisotopic (exact) mass is 488 g/mol. The van der Waals surface area contributed by atoms with Crippen LogP contribution >= 0.6 is 0 Å². The summed E-state index contributed by atoms with van der Waals surface area (Å²) < 4.78 is 11.2. The van der Waals surface area contributed by atoms with Gasteiger partial charge in [-0.15, -0.1) is 10.2 Å². The number of tetrazole rings is 1. The van der Waals surface area contributed by atoms with E-state index in [0.717, 1.165) is 37.0 Å². The lowest BCUT2D eigenvalue weighted by molar-refractivity contribution is -0.143. The van der Waals surface area contributed by atoms with E-state index in [1.54, 1.807) is 24.3 Å². The molecule has 0 radical (unpaired) electrons. The van der Waals surface area contributed by atoms with Gasteiger partial charge in [-0.1, -0.05) is 43.2 Å². The van der Waals surface area contributed by atoms with Crippen LogP contribution in [0.3, 0.4) is 0 Å². The van der Waals surface area contributed by atoms with Crippen LogP contribution in [-0.4, -0.2) is 43.0 Å². The average molecular weight is 489 g/mol. The number of rotatable bonds is 9. The quantitative estimate of drug-likeness (QED) is 0.382. The van der Waals surface area contributed by atoms with E-state index in [0.29, 0.717) is 11.5 Å². The Morgan fingerprint density at radius 3 is 2.61 bits per heavy atom. The second kappa shape index (κ2) is 10.6. The molecule has 4 aromatic rings. The van der Waals surface area contributed by atoms with Gasteiger partial charge >= 0.3 is 0 Å². The summed E-state index contributed by atoms with van der Waals surface area (Å²) in [5.41, 5.74) is 0.884. The maximum absolute atomic E-state index is 13.7. The Hall–Kier alpha value is -4.21. The molecule has 0 bridgehead atoms. The molecule has 1 atom stereocenters. The number of carbonyl (C=O) groups excluding carboxylic acids is 2. The van der Waals surface area contributed by atoms with Gasteiger partial charge in [0.2, 0.25) is 11.7 Å². The van der Waals surface area contributed by atoms with E-state index >= 15 is 0 Å². The zero-order valence-electron chi connectivity index (χ0n) is 20.0. The molecular formula is C26H28N6O4. The molecule has 2 amide bonds. The lowest BCUT2D eigenvalue weighted by atomic mass is 10.1. The molecule has 10 heteroatoms. The summed E-state index contributed by atoms with van der Waals surface area (Å²) in [6.45, 7) is 1.83. The molecule has 10 nitrogen and oxygen atoms in total. The second-order valence-corrected chi connectivity index (χ2v) is 8.97. The van der Waals surface area contributed by atoms with E-state index in [4.69, 9.17) is 8.83 Å². The van der Waals surface area contributed by atoms with Crippen LogP contribution in [0.5, 0.6) is 0 Å². The summed E-state index contributed by atoms with van der Waals surface area (Å²) in [4.78, 5) is 30.0. The molecule has 3 aromatic heterocycles. The van der Waals surface area contributed by atoms with Gasteiger partial charge in [-0.25, -0.2) is 0 Å². The minimum atomic E-state index is -0.941. The summed E-state index contributed by atoms with van der Waals surface area (Å²) >= 11 is 0. The van der Waals surface area contributed by atoms with Crippen molar-refractivity contribution in [1.29, 1.82) is 0 Å². The highest BCUT2D eigenvalue weighted by molar-refractivity contribution is 5.88. The third-order valence-electron chi connectivity index (χ3n) is 6.28. The molecule has 1 fully saturated rings. The van der Waals surface area contributed by atoms with Crippen molar-refractivity contribution in [2.24, 2.45) is 0 Å². The van der Waals surface area contributed by atoms with Crippen LogP contribution < -0.4 is 5.32 Å². The molecule has 0 spiro atoms. The summed E-state index contributed by atoms with van der Waals surface area (Å²) in [6, 6.07) is 15.7. The third-order valence-corrected chi connectivity index (χ3v) is 6.28. The van der Waals surface area contributed by atoms with Crippen LogP contribution in [0.2, 0.25) is 0 Å². The molecule has 0 saturated heterocycles. The number of furan rings is 2. The van der Waals surface area contributed by atoms with Crippen molar-refractivity contribution < 1.29 is 18.4 Å². The number of hydrogen-bond acceptors (Lipinski definition) is 7. The average Bonchev–Trinajstić information content (AvgIpc) is 3.68. The zero-order valence-corrected chi connectivity index (χ0v) is 20.0. The predicted octanol–water partition coefficient (Wildman–Crippen LogP) is 3.66. The number of carbonyl (C=O) groups is 2. The van der Waals surface area contributed by atoms with Crippen molar-refractivity contribution in [3.63, 3.8) is 0 Å². The van der Waals surface area contributed by atoms with Gasteiger partial charge in [0.15, 0.2) is 11.8 Å². The van der Waals surface area contributed by atoms with E-state index in [9.17, 15) is 9.59 Å². The Kier molecular flexibility index (Phi) is 6.92. The Morgan fingerprint density at radius 1 is 1.11 bits per heavy atom. The molecule has 0 aliphatic heterocycles. The highest BCUT2D eigenvalue weighted by Crippen LogP contribution is 2.27. The van der Waals surface area contributed by atoms with Crippen LogP contribution in [-0.2, 0) is 22.7 Å². The smallest absolute Gasteiger partial charge is 0.250 e. The van der Waals surface area contributed by atoms with Crippen molar-refractivity contribution >= 4 is 11.8 Å². The molecule has 5 rings (SSSR count). The van der Waals surface area contributed by atoms with Gasteiger partial charge in [0.25, 0.3) is 5.91 Å². The number of nitrogens with zero attached hydrogens (tertiary/aromatic N) is 5. The van der Waals surface area contributed by atoms with E-state index in [-0.39, 0.29) is 36.8 Å². The van der Waals surface area contributed by atoms with Gasteiger partial charge in [0, 0.05) is 12.6 Å². The lowest BCUT2D eigenvalue weighted by Gasteiger charge is -2.30. The normalized spacial score (nSPS) is 14.6. The molecule has 1 N–H and O–H groups in total. The fourth-order valence-electron chi connectivity index (χ4n) is 4.50. The first-order valence-corrected chi connectivity index (χ1v) is 12.1. The van der Waals surface area contributed by atoms with Crippen LogP contribution in [0.1, 0.15) is 48.8 Å². The molecule has 1 aliphatic carbocycles. The van der Waals surface area contributed by atoms with Crippen LogP contribution in [0.25, 0.3) is 11.6 Å². The number of aryl methyl sites for hydroxylation is 1. The summed E-state index contributed by atoms with van der Waals surface area (Å²) in [5.74, 6) is 1.26. The van der Waals surface area contributed by atoms with Crippen molar-refractivity contribution in [2.45, 2.75) is 57.8 Å². The third kappa shape index (κ3) is 5.37. The van der Waals surface area contributed by atoms with Crippen LogP contribution in [0.4, 0.5) is 0 Å². The van der Waals surface area contributed by atoms with E-state index in [1.165, 1.54) is 16.0 Å². The van der Waals surface area contributed by atoms with Gasteiger partial charge < -0.3 is 19.1 Å². The summed E-state index contributed by atoms with van der Waals surface area (Å²) in [6.07, 6.45) is 5.53. The van der Waals surface area contributed by atoms with E-state index in [2.05, 4.69) is 20.7 Å². The molecule has 186 valence electrons. The number of amides is 2. The van der Waals surface area contributed by atoms with Crippen LogP contribution in [0, 0.1) is 6.92 Å². The predicted molar refractivity (Wildman–Crippen MR) is 129 cm³/mol. The molecular weight excluding hydrogens is 460 g/mol. The Bertz CT molecular complexity index is 1290. The number of aromatic nitrogens is 4. The Labute approximate surface area is 208 Å². The maximum Gasteiger partial charge on any atom is 0.250 e. The topological polar surface area (TPSA) is 119 Å². The summed E-state index contributed by atoms with van der Waals surface area (Å²) in [7, 11) is 0. The minimum Gasteiger partial charge on any atom is -0.467 e. The first-order valence-electron chi connectivity index (χ1n) is 12.1. The first-order chi connectivity index (χ1) is 17.6. The van der Waals surface area contributed by atoms with Crippen molar-refractivity contribution in [3.8, 4) is 11.6 Å². The second-order valence-electron chi connectivity index (χ2n) is 8.97. The Balaban J connectivity index is 1.42. The van der Waals surface area contributed by atoms with Gasteiger partial charge in [-0.05, 0) is 54.8 Å². The van der Waals surface area contributed by atoms with Crippen molar-refractivity contribution in [2.75, 3.05) is 0 Å². The maximum atomic E-state index is 13.7. The SMILES string of the molecule is Cc1ccc(-c2nnn(CC(=O)N(Cc3ccccc3)[C@H](C(=O)NC3CCCC3)c3ccco3)n2)o1. The van der Waals surface area contributed by atoms with Crippen molar-refractivity contribution in [3.05, 3.63) is 77.9 Å². The number of nitrogens with one attached hydrogen (secondary N) is 1. The largest absolute Gasteiger partial charge is 0.467 e. The standard InChI is InChI=1S/C26H28N6O4/c1-18-13-14-22(36-18)25-28-30-32(29-25)17-23(33)31(16-19-8-3-2-4-9-19)24(21-12-7-15-35-21)26(34)27-20-10-5-6-11-20/h2-4,7-9,12-15,20,24H,5-6,10-11,16-17H2,1H3,(H,27,34)/t24-/m0/s1. The highest BCUT2D eigenvalue weighted by Gasteiger charge is 2.35. The van der Waals surface area contributed by atoms with Crippen molar-refractivity contribution in [1.82, 2.24) is 30.4 Å². The minimum absolute atomic E-state index is 0.0972. The molecule has 1 aromatic carbocycles. The number of hydrogen-bond donors (Lipinski definition) is 1. The fraction of sp³-hybridized carbons (Fsp3) is 0.346. The van der Waals surface area contributed by atoms with E-state index < -0.39 is 6.04 Å². The summed E-state index contributed by atoms with van der Waals surface area (Å²) in [5, 5.41) is 15.5. The number of benzene rings is 1. The highest BCUT2D eigenvalue weighted by atomic mass is 16.3. The molecule has 1 aliphatic rings. The first kappa shape index (κ1) is 23.5. The van der Waals surface area contributed by atoms with Gasteiger partial charge in [0.05, 0.1) is 6.26 Å². The molecule has 36 heavy (non-hydrogen) atoms. The van der Waals surface area contributed by atoms with Gasteiger partial charge in [-0.3, -0.25) is 9.59 Å². The molecule has 0 unspecified atom stereocenters. The van der Waals surface area contributed by atoms with Gasteiger partial charge in [0.1, 0.15) is 18.1 Å². The van der Waals surface area contributed by atoms with Crippen LogP contribution in [0.15, 0.2) is 69.7 Å². The molecule has 1 saturated carbocycles. The molecule has 3 heterocycles.